The van der Waals surface area contributed by atoms with Gasteiger partial charge in [0.15, 0.2) is 6.10 Å². The topological polar surface area (TPSA) is 155 Å². The van der Waals surface area contributed by atoms with Crippen molar-refractivity contribution in [3.8, 4) is 0 Å². The Kier molecular flexibility index (Phi) is 51.0. The number of aliphatic hydroxyl groups excluding tert-OH is 1. The number of unbranched alkanes of at least 4 members (excludes halogenated alkanes) is 18. The molecule has 0 heterocycles. The molecular weight excluding hydrogens is 928 g/mol. The summed E-state index contributed by atoms with van der Waals surface area (Å²) in [6.07, 6.45) is 62.4. The third-order valence-corrected chi connectivity index (χ3v) is 12.5. The Bertz CT molecular complexity index is 1580. The molecule has 11 nitrogen and oxygen atoms in total. The maximum absolute atomic E-state index is 12.9. The molecule has 3 atom stereocenters. The number of hydrogen-bond acceptors (Lipinski definition) is 10. The lowest BCUT2D eigenvalue weighted by Gasteiger charge is -2.21. The first kappa shape index (κ1) is 68.4. The van der Waals surface area contributed by atoms with Crippen LogP contribution in [0.5, 0.6) is 0 Å². The molecule has 3 unspecified atom stereocenters. The van der Waals surface area contributed by atoms with Crippen molar-refractivity contribution in [2.45, 2.75) is 238 Å². The van der Waals surface area contributed by atoms with E-state index in [4.69, 9.17) is 23.3 Å². The van der Waals surface area contributed by atoms with Crippen LogP contribution in [0.25, 0.3) is 0 Å². The number of carbonyl (C=O) groups is 3. The number of esters is 3. The van der Waals surface area contributed by atoms with Gasteiger partial charge in [-0.1, -0.05) is 221 Å². The van der Waals surface area contributed by atoms with E-state index in [0.29, 0.717) is 19.3 Å². The summed E-state index contributed by atoms with van der Waals surface area (Å²) in [6, 6.07) is 0. The van der Waals surface area contributed by atoms with Crippen molar-refractivity contribution >= 4 is 25.7 Å². The van der Waals surface area contributed by atoms with Crippen LogP contribution in [0.3, 0.4) is 0 Å². The molecule has 0 aliphatic carbocycles. The van der Waals surface area contributed by atoms with Crippen LogP contribution in [-0.2, 0) is 42.2 Å². The van der Waals surface area contributed by atoms with Crippen LogP contribution in [0, 0.1) is 0 Å². The van der Waals surface area contributed by atoms with Crippen molar-refractivity contribution < 1.29 is 52.2 Å². The Labute approximate surface area is 438 Å². The van der Waals surface area contributed by atoms with Crippen molar-refractivity contribution in [2.24, 2.45) is 0 Å². The van der Waals surface area contributed by atoms with Gasteiger partial charge in [-0.15, -0.1) is 0 Å². The van der Waals surface area contributed by atoms with E-state index in [0.717, 1.165) is 96.3 Å². The van der Waals surface area contributed by atoms with Crippen LogP contribution in [-0.4, -0.2) is 66.5 Å². The molecular formula is C60H101O11P. The van der Waals surface area contributed by atoms with E-state index >= 15 is 0 Å². The van der Waals surface area contributed by atoms with Crippen LogP contribution in [0.15, 0.2) is 97.2 Å². The first-order chi connectivity index (χ1) is 35.2. The second kappa shape index (κ2) is 53.7. The van der Waals surface area contributed by atoms with Gasteiger partial charge in [0, 0.05) is 19.3 Å². The van der Waals surface area contributed by atoms with Gasteiger partial charge in [-0.3, -0.25) is 23.4 Å². The van der Waals surface area contributed by atoms with E-state index in [1.54, 1.807) is 0 Å². The van der Waals surface area contributed by atoms with Crippen molar-refractivity contribution in [1.29, 1.82) is 0 Å². The van der Waals surface area contributed by atoms with E-state index in [1.807, 2.05) is 12.2 Å². The standard InChI is InChI=1S/C60H101O11P/c1-4-7-10-13-16-19-22-25-27-28-30-32-34-37-40-43-46-49-58(62)67-53-57(71-60(64)51-48-45-42-39-36-33-29-26-23-20-17-14-11-8-5-2)55-69-72(65,66)68-54-56(52-61)70-59(63)50-47-44-41-38-35-31-24-21-18-15-12-9-6-3/h7,9-10,12,16,18-19,21,25,27,30-32,35,41,44,56-57,61H,4-6,8,11,13-15,17,20,22-24,26,28-29,33-34,36-40,42-43,45-55H2,1-3H3,(H,65,66)/b10-7-,12-9-,19-16-,21-18-,27-25-,32-30-,35-31-,44-41-. The van der Waals surface area contributed by atoms with Gasteiger partial charge >= 0.3 is 25.7 Å². The van der Waals surface area contributed by atoms with Gasteiger partial charge in [0.25, 0.3) is 0 Å². The fraction of sp³-hybridized carbons (Fsp3) is 0.683. The average Bonchev–Trinajstić information content (AvgIpc) is 3.37. The molecule has 0 radical (unpaired) electrons. The highest BCUT2D eigenvalue weighted by Crippen LogP contribution is 2.43. The van der Waals surface area contributed by atoms with Crippen LogP contribution in [0.1, 0.15) is 226 Å². The van der Waals surface area contributed by atoms with E-state index in [9.17, 15) is 28.9 Å². The number of hydrogen-bond donors (Lipinski definition) is 2. The Morgan fingerprint density at radius 2 is 0.750 bits per heavy atom. The lowest BCUT2D eigenvalue weighted by atomic mass is 10.0. The SMILES string of the molecule is CC/C=C\C/C=C\C/C=C\C/C=C\CCCCCCC(=O)OCC(COP(=O)(O)OCC(CO)OC(=O)CC/C=C\C/C=C\C/C=C\C/C=C\CC)OC(=O)CCCCCCCCCCCCCCCCC. The number of ether oxygens (including phenoxy) is 3. The second-order valence-corrected chi connectivity index (χ2v) is 19.8. The average molecular weight is 1030 g/mol. The predicted octanol–water partition coefficient (Wildman–Crippen LogP) is 16.5. The van der Waals surface area contributed by atoms with Crippen molar-refractivity contribution in [2.75, 3.05) is 26.4 Å². The van der Waals surface area contributed by atoms with Crippen LogP contribution < -0.4 is 0 Å². The molecule has 0 bridgehead atoms. The summed E-state index contributed by atoms with van der Waals surface area (Å²) in [5.74, 6) is -1.58. The lowest BCUT2D eigenvalue weighted by molar-refractivity contribution is -0.161. The Balaban J connectivity index is 4.83. The molecule has 0 aromatic rings. The first-order valence-corrected chi connectivity index (χ1v) is 29.6. The summed E-state index contributed by atoms with van der Waals surface area (Å²) < 4.78 is 39.4. The second-order valence-electron chi connectivity index (χ2n) is 18.3. The molecule has 0 aromatic heterocycles. The molecule has 0 fully saturated rings. The zero-order valence-electron chi connectivity index (χ0n) is 45.4. The molecule has 0 saturated heterocycles. The van der Waals surface area contributed by atoms with Gasteiger partial charge in [0.05, 0.1) is 19.8 Å². The van der Waals surface area contributed by atoms with Crippen molar-refractivity contribution in [3.05, 3.63) is 97.2 Å². The van der Waals surface area contributed by atoms with E-state index in [-0.39, 0.29) is 25.9 Å². The largest absolute Gasteiger partial charge is 0.472 e. The minimum atomic E-state index is -4.77. The van der Waals surface area contributed by atoms with Crippen molar-refractivity contribution in [3.63, 3.8) is 0 Å². The van der Waals surface area contributed by atoms with E-state index in [2.05, 4.69) is 106 Å². The minimum absolute atomic E-state index is 0.0515. The van der Waals surface area contributed by atoms with Crippen LogP contribution >= 0.6 is 7.82 Å². The van der Waals surface area contributed by atoms with Gasteiger partial charge in [0.1, 0.15) is 12.7 Å². The number of phosphoric acid groups is 1. The molecule has 0 spiro atoms. The van der Waals surface area contributed by atoms with Gasteiger partial charge in [-0.05, 0) is 83.5 Å². The normalized spacial score (nSPS) is 14.1. The van der Waals surface area contributed by atoms with Gasteiger partial charge in [-0.2, -0.15) is 0 Å². The Morgan fingerprint density at radius 1 is 0.403 bits per heavy atom. The fourth-order valence-electron chi connectivity index (χ4n) is 7.30. The summed E-state index contributed by atoms with van der Waals surface area (Å²) in [7, 11) is -4.77. The Hall–Kier alpha value is -3.60. The minimum Gasteiger partial charge on any atom is -0.462 e. The highest BCUT2D eigenvalue weighted by molar-refractivity contribution is 7.47. The molecule has 0 aliphatic rings. The van der Waals surface area contributed by atoms with Gasteiger partial charge < -0.3 is 24.2 Å². The maximum atomic E-state index is 12.9. The summed E-state index contributed by atoms with van der Waals surface area (Å²) in [5, 5.41) is 9.78. The molecule has 0 aromatic carbocycles. The molecule has 0 saturated carbocycles. The monoisotopic (exact) mass is 1030 g/mol. The van der Waals surface area contributed by atoms with Crippen molar-refractivity contribution in [1.82, 2.24) is 0 Å². The van der Waals surface area contributed by atoms with Crippen LogP contribution in [0.4, 0.5) is 0 Å². The number of rotatable bonds is 51. The van der Waals surface area contributed by atoms with Gasteiger partial charge in [0.2, 0.25) is 0 Å². The molecule has 0 aliphatic heterocycles. The number of aliphatic hydroxyl groups is 1. The smallest absolute Gasteiger partial charge is 0.462 e. The molecule has 0 rings (SSSR count). The number of carbonyl (C=O) groups excluding carboxylic acids is 3. The molecule has 72 heavy (non-hydrogen) atoms. The third-order valence-electron chi connectivity index (χ3n) is 11.5. The zero-order valence-corrected chi connectivity index (χ0v) is 46.3. The zero-order chi connectivity index (χ0) is 52.7. The van der Waals surface area contributed by atoms with Gasteiger partial charge in [-0.25, -0.2) is 4.57 Å². The highest BCUT2D eigenvalue weighted by Gasteiger charge is 2.28. The maximum Gasteiger partial charge on any atom is 0.472 e. The molecule has 2 N–H and O–H groups in total. The summed E-state index contributed by atoms with van der Waals surface area (Å²) in [4.78, 5) is 48.4. The summed E-state index contributed by atoms with van der Waals surface area (Å²) in [6.45, 7) is 4.30. The molecule has 12 heteroatoms. The fourth-order valence-corrected chi connectivity index (χ4v) is 8.09. The number of allylic oxidation sites excluding steroid dienone is 16. The quantitative estimate of drug-likeness (QED) is 0.0197. The van der Waals surface area contributed by atoms with E-state index < -0.39 is 57.8 Å². The Morgan fingerprint density at radius 3 is 1.19 bits per heavy atom. The third kappa shape index (κ3) is 51.3. The van der Waals surface area contributed by atoms with Crippen LogP contribution in [0.2, 0.25) is 0 Å². The summed E-state index contributed by atoms with van der Waals surface area (Å²) >= 11 is 0. The molecule has 0 amide bonds. The lowest BCUT2D eigenvalue weighted by Crippen LogP contribution is -2.30. The summed E-state index contributed by atoms with van der Waals surface area (Å²) in [5.41, 5.74) is 0. The highest BCUT2D eigenvalue weighted by atomic mass is 31.2. The molecule has 412 valence electrons. The van der Waals surface area contributed by atoms with E-state index in [1.165, 1.54) is 70.6 Å². The number of phosphoric ester groups is 1. The first-order valence-electron chi connectivity index (χ1n) is 28.1. The predicted molar refractivity (Wildman–Crippen MR) is 297 cm³/mol.